The molecule has 0 aliphatic heterocycles. The smallest absolute Gasteiger partial charge is 0.303 e. The van der Waals surface area contributed by atoms with Gasteiger partial charge in [0.2, 0.25) is 0 Å². The third-order valence-corrected chi connectivity index (χ3v) is 5.24. The predicted octanol–water partition coefficient (Wildman–Crippen LogP) is 5.40. The summed E-state index contributed by atoms with van der Waals surface area (Å²) in [7, 11) is 0. The van der Waals surface area contributed by atoms with Crippen molar-refractivity contribution in [3.63, 3.8) is 0 Å². The zero-order chi connectivity index (χ0) is 21.8. The lowest BCUT2D eigenvalue weighted by Crippen LogP contribution is -2.26. The Kier molecular flexibility index (Phi) is 7.02. The van der Waals surface area contributed by atoms with Gasteiger partial charge in [-0.2, -0.15) is 5.10 Å². The van der Waals surface area contributed by atoms with E-state index in [0.717, 1.165) is 5.56 Å². The Bertz CT molecular complexity index is 1090. The first-order valence-electron chi connectivity index (χ1n) is 9.09. The molecule has 0 atom stereocenters. The van der Waals surface area contributed by atoms with Gasteiger partial charge >= 0.3 is 5.97 Å². The third-order valence-electron chi connectivity index (χ3n) is 4.45. The lowest BCUT2D eigenvalue weighted by Gasteiger charge is -2.11. The fraction of sp³-hybridized carbons (Fsp3) is 0.190. The van der Waals surface area contributed by atoms with E-state index in [0.29, 0.717) is 38.4 Å². The molecule has 0 spiro atoms. The molecule has 1 aromatic heterocycles. The molecule has 1 amide bonds. The molecule has 3 rings (SSSR count). The quantitative estimate of drug-likeness (QED) is 0.456. The Morgan fingerprint density at radius 2 is 1.73 bits per heavy atom. The zero-order valence-electron chi connectivity index (χ0n) is 16.0. The number of amides is 1. The van der Waals surface area contributed by atoms with E-state index in [-0.39, 0.29) is 18.7 Å². The molecule has 0 radical (unpaired) electrons. The number of halogens is 3. The molecule has 2 N–H and O–H groups in total. The van der Waals surface area contributed by atoms with Crippen LogP contribution >= 0.6 is 34.8 Å². The minimum atomic E-state index is -0.910. The van der Waals surface area contributed by atoms with Crippen LogP contribution in [0.3, 0.4) is 0 Å². The van der Waals surface area contributed by atoms with Crippen LogP contribution in [0.15, 0.2) is 42.5 Å². The number of aliphatic carboxylic acids is 1. The first-order chi connectivity index (χ1) is 14.3. The topological polar surface area (TPSA) is 84.2 Å². The van der Waals surface area contributed by atoms with Gasteiger partial charge in [-0.25, -0.2) is 4.68 Å². The summed E-state index contributed by atoms with van der Waals surface area (Å²) in [5.41, 5.74) is 2.94. The van der Waals surface area contributed by atoms with E-state index in [1.165, 1.54) is 0 Å². The summed E-state index contributed by atoms with van der Waals surface area (Å²) in [5, 5.41) is 17.4. The number of rotatable bonds is 7. The van der Waals surface area contributed by atoms with E-state index < -0.39 is 11.9 Å². The van der Waals surface area contributed by atoms with Crippen LogP contribution in [0, 0.1) is 6.92 Å². The molecule has 0 bridgehead atoms. The van der Waals surface area contributed by atoms with Crippen molar-refractivity contribution in [2.45, 2.75) is 19.8 Å². The maximum atomic E-state index is 12.7. The highest BCUT2D eigenvalue weighted by molar-refractivity contribution is 6.35. The maximum Gasteiger partial charge on any atom is 0.303 e. The van der Waals surface area contributed by atoms with Gasteiger partial charge in [0.15, 0.2) is 5.69 Å². The van der Waals surface area contributed by atoms with E-state index in [4.69, 9.17) is 39.9 Å². The Morgan fingerprint density at radius 1 is 1.07 bits per heavy atom. The Hall–Kier alpha value is -2.54. The average Bonchev–Trinajstić information content (AvgIpc) is 3.02. The van der Waals surface area contributed by atoms with Crippen LogP contribution in [0.4, 0.5) is 0 Å². The normalized spacial score (nSPS) is 10.8. The van der Waals surface area contributed by atoms with Gasteiger partial charge < -0.3 is 10.4 Å². The molecule has 156 valence electrons. The average molecular weight is 467 g/mol. The number of carbonyl (C=O) groups excluding carboxylic acids is 1. The summed E-state index contributed by atoms with van der Waals surface area (Å²) in [6.45, 7) is 2.03. The molecule has 3 aromatic rings. The van der Waals surface area contributed by atoms with Crippen molar-refractivity contribution in [2.24, 2.45) is 0 Å². The summed E-state index contributed by atoms with van der Waals surface area (Å²) < 4.78 is 1.60. The lowest BCUT2D eigenvalue weighted by molar-refractivity contribution is -0.137. The van der Waals surface area contributed by atoms with E-state index in [9.17, 15) is 9.59 Å². The van der Waals surface area contributed by atoms with Gasteiger partial charge in [-0.05, 0) is 43.7 Å². The summed E-state index contributed by atoms with van der Waals surface area (Å²) in [6.07, 6.45) is 0.304. The largest absolute Gasteiger partial charge is 0.481 e. The molecular weight excluding hydrogens is 449 g/mol. The maximum absolute atomic E-state index is 12.7. The van der Waals surface area contributed by atoms with Gasteiger partial charge in [0.05, 0.1) is 16.4 Å². The zero-order valence-corrected chi connectivity index (χ0v) is 18.2. The van der Waals surface area contributed by atoms with Gasteiger partial charge in [0.25, 0.3) is 5.91 Å². The van der Waals surface area contributed by atoms with Gasteiger partial charge in [-0.3, -0.25) is 9.59 Å². The summed E-state index contributed by atoms with van der Waals surface area (Å²) in [4.78, 5) is 23.4. The molecule has 0 aliphatic rings. The van der Waals surface area contributed by atoms with Gasteiger partial charge in [-0.15, -0.1) is 0 Å². The van der Waals surface area contributed by atoms with Crippen molar-refractivity contribution in [3.05, 3.63) is 68.8 Å². The number of carboxylic acids is 1. The lowest BCUT2D eigenvalue weighted by atomic mass is 10.1. The van der Waals surface area contributed by atoms with Crippen molar-refractivity contribution in [1.29, 1.82) is 0 Å². The summed E-state index contributed by atoms with van der Waals surface area (Å²) >= 11 is 18.4. The van der Waals surface area contributed by atoms with Crippen molar-refractivity contribution in [2.75, 3.05) is 6.54 Å². The van der Waals surface area contributed by atoms with Crippen molar-refractivity contribution in [1.82, 2.24) is 15.1 Å². The Balaban J connectivity index is 2.04. The van der Waals surface area contributed by atoms with Crippen molar-refractivity contribution in [3.8, 4) is 16.9 Å². The highest BCUT2D eigenvalue weighted by Gasteiger charge is 2.23. The van der Waals surface area contributed by atoms with Crippen LogP contribution in [-0.4, -0.2) is 33.3 Å². The summed E-state index contributed by atoms with van der Waals surface area (Å²) in [6, 6.07) is 12.2. The number of aromatic nitrogens is 2. The van der Waals surface area contributed by atoms with E-state index in [1.54, 1.807) is 41.9 Å². The molecule has 1 heterocycles. The number of hydrogen-bond acceptors (Lipinski definition) is 3. The second kappa shape index (κ2) is 9.51. The fourth-order valence-electron chi connectivity index (χ4n) is 3.01. The number of hydrogen-bond donors (Lipinski definition) is 2. The van der Waals surface area contributed by atoms with E-state index in [2.05, 4.69) is 10.4 Å². The van der Waals surface area contributed by atoms with E-state index >= 15 is 0 Å². The number of nitrogens with zero attached hydrogens (tertiary/aromatic N) is 2. The van der Waals surface area contributed by atoms with Gasteiger partial charge in [-0.1, -0.05) is 46.9 Å². The second-order valence-corrected chi connectivity index (χ2v) is 7.87. The predicted molar refractivity (Wildman–Crippen MR) is 118 cm³/mol. The molecular formula is C21H18Cl3N3O3. The minimum Gasteiger partial charge on any atom is -0.481 e. The Labute approximate surface area is 188 Å². The molecule has 0 aliphatic carbocycles. The second-order valence-electron chi connectivity index (χ2n) is 6.59. The molecule has 6 nitrogen and oxygen atoms in total. The number of carbonyl (C=O) groups is 2. The van der Waals surface area contributed by atoms with Gasteiger partial charge in [0, 0.05) is 34.1 Å². The van der Waals surface area contributed by atoms with Crippen LogP contribution in [0.25, 0.3) is 16.9 Å². The standard InChI is InChI=1S/C21H18Cl3N3O3/c1-12-19(21(30)25-10-2-3-18(28)29)26-27(17-9-8-15(23)11-16(17)24)20(12)13-4-6-14(22)7-5-13/h4-9,11H,2-3,10H2,1H3,(H,25,30)(H,28,29). The third kappa shape index (κ3) is 4.95. The molecule has 0 unspecified atom stereocenters. The SMILES string of the molecule is Cc1c(C(=O)NCCCC(=O)O)nn(-c2ccc(Cl)cc2Cl)c1-c1ccc(Cl)cc1. The highest BCUT2D eigenvalue weighted by atomic mass is 35.5. The Morgan fingerprint density at radius 3 is 2.37 bits per heavy atom. The monoisotopic (exact) mass is 465 g/mol. The number of nitrogens with one attached hydrogen (secondary N) is 1. The molecule has 30 heavy (non-hydrogen) atoms. The van der Waals surface area contributed by atoms with E-state index in [1.807, 2.05) is 12.1 Å². The first-order valence-corrected chi connectivity index (χ1v) is 10.2. The number of benzene rings is 2. The molecule has 0 saturated heterocycles. The summed E-state index contributed by atoms with van der Waals surface area (Å²) in [5.74, 6) is -1.30. The van der Waals surface area contributed by atoms with Crippen LogP contribution in [-0.2, 0) is 4.79 Å². The minimum absolute atomic E-state index is 0.0237. The number of carboxylic acid groups (broad SMARTS) is 1. The molecule has 9 heteroatoms. The van der Waals surface area contributed by atoms with Crippen LogP contribution in [0.1, 0.15) is 28.9 Å². The van der Waals surface area contributed by atoms with Crippen LogP contribution in [0.5, 0.6) is 0 Å². The fourth-order valence-corrected chi connectivity index (χ4v) is 3.63. The highest BCUT2D eigenvalue weighted by Crippen LogP contribution is 2.33. The molecule has 0 fully saturated rings. The van der Waals surface area contributed by atoms with Crippen molar-refractivity contribution < 1.29 is 14.7 Å². The first kappa shape index (κ1) is 22.2. The van der Waals surface area contributed by atoms with Crippen molar-refractivity contribution >= 4 is 46.7 Å². The van der Waals surface area contributed by atoms with Crippen LogP contribution < -0.4 is 5.32 Å². The molecule has 0 saturated carbocycles. The molecule has 2 aromatic carbocycles. The van der Waals surface area contributed by atoms with Gasteiger partial charge in [0.1, 0.15) is 0 Å². The van der Waals surface area contributed by atoms with Crippen LogP contribution in [0.2, 0.25) is 15.1 Å².